The first-order chi connectivity index (χ1) is 8.27. The van der Waals surface area contributed by atoms with Crippen molar-refractivity contribution < 1.29 is 0 Å². The molecule has 0 saturated carbocycles. The highest BCUT2D eigenvalue weighted by Gasteiger charge is 2.27. The van der Waals surface area contributed by atoms with Crippen LogP contribution in [0.2, 0.25) is 0 Å². The topological polar surface area (TPSA) is 6.48 Å². The molecule has 98 valence electrons. The first-order valence-electron chi connectivity index (χ1n) is 7.40. The Morgan fingerprint density at radius 2 is 1.29 bits per heavy atom. The monoisotopic (exact) mass is 252 g/mol. The van der Waals surface area contributed by atoms with E-state index >= 15 is 0 Å². The Bertz CT molecular complexity index is 225. The molecule has 2 heterocycles. The zero-order chi connectivity index (χ0) is 12.1. The average molecular weight is 252 g/mol. The van der Waals surface area contributed by atoms with Gasteiger partial charge in [-0.25, -0.2) is 0 Å². The molecular formula is C14H28N2Si. The lowest BCUT2D eigenvalue weighted by Crippen LogP contribution is -2.52. The zero-order valence-corrected chi connectivity index (χ0v) is 13.5. The highest BCUT2D eigenvalue weighted by Crippen LogP contribution is 2.22. The maximum atomic E-state index is 4.19. The summed E-state index contributed by atoms with van der Waals surface area (Å²) >= 11 is 0. The van der Waals surface area contributed by atoms with Crippen LogP contribution < -0.4 is 0 Å². The van der Waals surface area contributed by atoms with Crippen molar-refractivity contribution in [3.63, 3.8) is 0 Å². The summed E-state index contributed by atoms with van der Waals surface area (Å²) in [4.78, 5) is 5.47. The van der Waals surface area contributed by atoms with Crippen LogP contribution in [0.1, 0.15) is 44.9 Å². The molecular weight excluding hydrogens is 224 g/mol. The minimum Gasteiger partial charge on any atom is -0.288 e. The van der Waals surface area contributed by atoms with Gasteiger partial charge in [-0.3, -0.25) is 9.80 Å². The smallest absolute Gasteiger partial charge is 0.0656 e. The Morgan fingerprint density at radius 1 is 0.882 bits per heavy atom. The van der Waals surface area contributed by atoms with E-state index in [-0.39, 0.29) is 0 Å². The van der Waals surface area contributed by atoms with E-state index < -0.39 is 0 Å². The van der Waals surface area contributed by atoms with Gasteiger partial charge in [0.2, 0.25) is 0 Å². The average Bonchev–Trinajstić information content (AvgIpc) is 2.38. The lowest BCUT2D eigenvalue weighted by atomic mass is 10.1. The van der Waals surface area contributed by atoms with Gasteiger partial charge in [-0.1, -0.05) is 18.0 Å². The minimum atomic E-state index is 0.681. The van der Waals surface area contributed by atoms with E-state index in [9.17, 15) is 0 Å². The Morgan fingerprint density at radius 3 is 1.65 bits per heavy atom. The third kappa shape index (κ3) is 3.93. The SMILES string of the molecule is C=C([SiH3])CC(N1CCCCC1)N1CCCCC1. The van der Waals surface area contributed by atoms with Gasteiger partial charge >= 0.3 is 0 Å². The number of rotatable bonds is 4. The van der Waals surface area contributed by atoms with Gasteiger partial charge in [0.1, 0.15) is 0 Å². The molecule has 0 atom stereocenters. The molecule has 2 nitrogen and oxygen atoms in total. The predicted molar refractivity (Wildman–Crippen MR) is 78.3 cm³/mol. The van der Waals surface area contributed by atoms with Gasteiger partial charge in [-0.2, -0.15) is 0 Å². The van der Waals surface area contributed by atoms with Gasteiger partial charge in [-0.15, -0.1) is 6.58 Å². The summed E-state index contributed by atoms with van der Waals surface area (Å²) in [6, 6.07) is 0. The molecule has 2 fully saturated rings. The number of likely N-dealkylation sites (tertiary alicyclic amines) is 2. The van der Waals surface area contributed by atoms with Crippen molar-refractivity contribution in [2.45, 2.75) is 51.1 Å². The van der Waals surface area contributed by atoms with Gasteiger partial charge in [0, 0.05) is 10.2 Å². The van der Waals surface area contributed by atoms with Crippen LogP contribution in [0.3, 0.4) is 0 Å². The number of piperidine rings is 2. The normalized spacial score (nSPS) is 24.3. The summed E-state index contributed by atoms with van der Waals surface area (Å²) in [5, 5.41) is 1.48. The molecule has 2 aliphatic rings. The van der Waals surface area contributed by atoms with Crippen LogP contribution in [-0.4, -0.2) is 52.4 Å². The van der Waals surface area contributed by atoms with Crippen LogP contribution in [0, 0.1) is 0 Å². The fourth-order valence-corrected chi connectivity index (χ4v) is 3.60. The molecule has 2 saturated heterocycles. The molecule has 0 amide bonds. The fraction of sp³-hybridized carbons (Fsp3) is 0.857. The Hall–Kier alpha value is -0.123. The quantitative estimate of drug-likeness (QED) is 0.701. The van der Waals surface area contributed by atoms with Crippen molar-refractivity contribution in [1.29, 1.82) is 0 Å². The standard InChI is InChI=1S/C14H28N2Si/c1-13(17)12-14(15-8-4-2-5-9-15)16-10-6-3-7-11-16/h14H,1-12H2,17H3. The molecule has 0 aromatic heterocycles. The lowest BCUT2D eigenvalue weighted by molar-refractivity contribution is 0.0185. The van der Waals surface area contributed by atoms with Crippen molar-refractivity contribution >= 4 is 10.2 Å². The van der Waals surface area contributed by atoms with Crippen molar-refractivity contribution in [3.8, 4) is 0 Å². The highest BCUT2D eigenvalue weighted by molar-refractivity contribution is 6.21. The number of hydrogen-bond donors (Lipinski definition) is 0. The summed E-state index contributed by atoms with van der Waals surface area (Å²) < 4.78 is 0. The lowest BCUT2D eigenvalue weighted by Gasteiger charge is -2.43. The van der Waals surface area contributed by atoms with E-state index in [0.717, 1.165) is 10.2 Å². The summed E-state index contributed by atoms with van der Waals surface area (Å²) in [7, 11) is 1.16. The van der Waals surface area contributed by atoms with Crippen LogP contribution >= 0.6 is 0 Å². The maximum absolute atomic E-state index is 4.19. The third-order valence-corrected chi connectivity index (χ3v) is 4.56. The molecule has 0 bridgehead atoms. The first kappa shape index (κ1) is 13.3. The maximum Gasteiger partial charge on any atom is 0.0656 e. The second kappa shape index (κ2) is 6.71. The van der Waals surface area contributed by atoms with E-state index in [4.69, 9.17) is 0 Å². The van der Waals surface area contributed by atoms with Crippen molar-refractivity contribution in [1.82, 2.24) is 9.80 Å². The van der Waals surface area contributed by atoms with Crippen molar-refractivity contribution in [2.75, 3.05) is 26.2 Å². The van der Waals surface area contributed by atoms with Crippen LogP contribution in [0.4, 0.5) is 0 Å². The summed E-state index contributed by atoms with van der Waals surface area (Å²) in [5.74, 6) is 0. The van der Waals surface area contributed by atoms with E-state index in [1.165, 1.54) is 76.3 Å². The molecule has 0 aromatic rings. The molecule has 0 radical (unpaired) electrons. The first-order valence-corrected chi connectivity index (χ1v) is 8.40. The third-order valence-electron chi connectivity index (χ3n) is 4.16. The molecule has 0 aliphatic carbocycles. The molecule has 3 heteroatoms. The number of hydrogen-bond acceptors (Lipinski definition) is 2. The van der Waals surface area contributed by atoms with Crippen molar-refractivity contribution in [3.05, 3.63) is 11.8 Å². The van der Waals surface area contributed by atoms with Gasteiger partial charge < -0.3 is 0 Å². The summed E-state index contributed by atoms with van der Waals surface area (Å²) in [6.07, 6.45) is 10.4. The molecule has 17 heavy (non-hydrogen) atoms. The zero-order valence-electron chi connectivity index (χ0n) is 11.5. The van der Waals surface area contributed by atoms with E-state index in [1.807, 2.05) is 0 Å². The van der Waals surface area contributed by atoms with E-state index in [2.05, 4.69) is 16.4 Å². The van der Waals surface area contributed by atoms with Crippen LogP contribution in [0.25, 0.3) is 0 Å². The second-order valence-electron chi connectivity index (χ2n) is 5.84. The molecule has 2 rings (SSSR count). The van der Waals surface area contributed by atoms with Crippen LogP contribution in [0.5, 0.6) is 0 Å². The molecule has 0 spiro atoms. The summed E-state index contributed by atoms with van der Waals surface area (Å²) in [5.41, 5.74) is 0. The molecule has 0 unspecified atom stereocenters. The number of nitrogens with zero attached hydrogens (tertiary/aromatic N) is 2. The Balaban J connectivity index is 1.97. The Labute approximate surface area is 109 Å². The molecule has 0 N–H and O–H groups in total. The predicted octanol–water partition coefficient (Wildman–Crippen LogP) is 1.55. The van der Waals surface area contributed by atoms with Crippen LogP contribution in [0.15, 0.2) is 11.8 Å². The molecule has 2 aliphatic heterocycles. The van der Waals surface area contributed by atoms with Gasteiger partial charge in [-0.05, 0) is 58.3 Å². The van der Waals surface area contributed by atoms with Crippen molar-refractivity contribution in [2.24, 2.45) is 0 Å². The van der Waals surface area contributed by atoms with E-state index in [0.29, 0.717) is 6.17 Å². The largest absolute Gasteiger partial charge is 0.288 e. The Kier molecular flexibility index (Phi) is 5.26. The van der Waals surface area contributed by atoms with Gasteiger partial charge in [0.05, 0.1) is 6.17 Å². The van der Waals surface area contributed by atoms with Gasteiger partial charge in [0.25, 0.3) is 0 Å². The second-order valence-corrected chi connectivity index (χ2v) is 7.25. The van der Waals surface area contributed by atoms with E-state index in [1.54, 1.807) is 0 Å². The van der Waals surface area contributed by atoms with Gasteiger partial charge in [0.15, 0.2) is 0 Å². The molecule has 0 aromatic carbocycles. The highest BCUT2D eigenvalue weighted by atomic mass is 28.1. The minimum absolute atomic E-state index is 0.681. The fourth-order valence-electron chi connectivity index (χ4n) is 3.23. The van der Waals surface area contributed by atoms with Crippen LogP contribution in [-0.2, 0) is 0 Å². The summed E-state index contributed by atoms with van der Waals surface area (Å²) in [6.45, 7) is 9.45.